The van der Waals surface area contributed by atoms with E-state index >= 15 is 0 Å². The molecule has 198 valence electrons. The zero-order valence-electron chi connectivity index (χ0n) is 19.3. The highest BCUT2D eigenvalue weighted by Crippen LogP contribution is 3.02. The fraction of sp³-hybridized carbons (Fsp3) is 0.200. The number of hydrogen-bond donors (Lipinski definition) is 2. The van der Waals surface area contributed by atoms with E-state index in [0.29, 0.717) is 30.6 Å². The van der Waals surface area contributed by atoms with E-state index in [0.717, 1.165) is 12.1 Å². The minimum absolute atomic E-state index is 0.0499. The van der Waals surface area contributed by atoms with Gasteiger partial charge < -0.3 is 20.1 Å². The fourth-order valence-electron chi connectivity index (χ4n) is 3.91. The van der Waals surface area contributed by atoms with Crippen molar-refractivity contribution in [1.82, 2.24) is 4.90 Å². The van der Waals surface area contributed by atoms with Crippen LogP contribution in [0.3, 0.4) is 0 Å². The molecule has 0 spiro atoms. The van der Waals surface area contributed by atoms with Crippen LogP contribution in [0.2, 0.25) is 0 Å². The quantitative estimate of drug-likeness (QED) is 0.320. The molecule has 1 aliphatic heterocycles. The second kappa shape index (κ2) is 8.94. The first kappa shape index (κ1) is 26.3. The Labute approximate surface area is 209 Å². The molecule has 1 heterocycles. The summed E-state index contributed by atoms with van der Waals surface area (Å²) in [4.78, 5) is 25.1. The maximum absolute atomic E-state index is 12.8. The summed E-state index contributed by atoms with van der Waals surface area (Å²) in [6.45, 7) is 0.750. The smallest absolute Gasteiger partial charge is 0.310 e. The van der Waals surface area contributed by atoms with Crippen molar-refractivity contribution >= 4 is 27.7 Å². The third kappa shape index (κ3) is 6.70. The molecule has 3 aromatic carbocycles. The molecule has 37 heavy (non-hydrogen) atoms. The zero-order chi connectivity index (χ0) is 26.9. The highest BCUT2D eigenvalue weighted by molar-refractivity contribution is 8.45. The number of rotatable bonds is 6. The Hall–Kier alpha value is -3.80. The molecule has 1 saturated heterocycles. The highest BCUT2D eigenvalue weighted by atomic mass is 32.5. The molecule has 1 atom stereocenters. The summed E-state index contributed by atoms with van der Waals surface area (Å²) in [5.74, 6) is -0.729. The Kier molecular flexibility index (Phi) is 6.35. The number of likely N-dealkylation sites (tertiary alicyclic amines) is 1. The molecule has 0 aromatic heterocycles. The topological polar surface area (TPSA) is 78.9 Å². The number of carbonyl (C=O) groups is 2. The van der Waals surface area contributed by atoms with Crippen molar-refractivity contribution in [3.8, 4) is 17.2 Å². The molecule has 2 N–H and O–H groups in total. The minimum Gasteiger partial charge on any atom is -0.508 e. The van der Waals surface area contributed by atoms with Gasteiger partial charge in [-0.1, -0.05) is 19.4 Å². The van der Waals surface area contributed by atoms with Gasteiger partial charge in [0.1, 0.15) is 22.1 Å². The predicted molar refractivity (Wildman–Crippen MR) is 130 cm³/mol. The molecular weight excluding hydrogens is 519 g/mol. The van der Waals surface area contributed by atoms with Gasteiger partial charge in [-0.15, -0.1) is 0 Å². The largest absolute Gasteiger partial charge is 0.508 e. The first-order chi connectivity index (χ1) is 17.2. The Morgan fingerprint density at radius 2 is 1.43 bits per heavy atom. The van der Waals surface area contributed by atoms with Crippen molar-refractivity contribution in [1.29, 1.82) is 0 Å². The van der Waals surface area contributed by atoms with Gasteiger partial charge in [0.15, 0.2) is 0 Å². The van der Waals surface area contributed by atoms with Gasteiger partial charge in [-0.05, 0) is 85.6 Å². The third-order valence-corrected chi connectivity index (χ3v) is 6.98. The van der Waals surface area contributed by atoms with Crippen LogP contribution in [0.5, 0.6) is 17.2 Å². The molecular formula is C25H23F5N2O4S. The van der Waals surface area contributed by atoms with Crippen molar-refractivity contribution < 1.29 is 38.9 Å². The number of halogens is 5. The maximum atomic E-state index is 12.8. The molecule has 0 aliphatic carbocycles. The fourth-order valence-corrected chi connectivity index (χ4v) is 4.56. The van der Waals surface area contributed by atoms with Crippen molar-refractivity contribution in [2.75, 3.05) is 18.4 Å². The lowest BCUT2D eigenvalue weighted by atomic mass is 9.96. The number of benzene rings is 3. The molecule has 2 amide bonds. The van der Waals surface area contributed by atoms with E-state index in [-0.39, 0.29) is 47.7 Å². The minimum atomic E-state index is -9.75. The lowest BCUT2D eigenvalue weighted by Gasteiger charge is -2.40. The van der Waals surface area contributed by atoms with Crippen LogP contribution in [-0.2, 0) is 4.79 Å². The van der Waals surface area contributed by atoms with Gasteiger partial charge >= 0.3 is 10.2 Å². The van der Waals surface area contributed by atoms with Crippen LogP contribution in [0, 0.1) is 5.92 Å². The molecule has 0 bridgehead atoms. The Morgan fingerprint density at radius 3 is 2.00 bits per heavy atom. The van der Waals surface area contributed by atoms with Gasteiger partial charge in [0.25, 0.3) is 5.91 Å². The van der Waals surface area contributed by atoms with E-state index in [1.807, 2.05) is 0 Å². The Balaban J connectivity index is 1.34. The van der Waals surface area contributed by atoms with Gasteiger partial charge in [-0.25, -0.2) is 0 Å². The van der Waals surface area contributed by atoms with E-state index < -0.39 is 21.0 Å². The Bertz CT molecular complexity index is 1300. The molecule has 6 nitrogen and oxygen atoms in total. The normalized spacial score (nSPS) is 17.9. The highest BCUT2D eigenvalue weighted by Gasteiger charge is 2.65. The van der Waals surface area contributed by atoms with Crippen LogP contribution in [0.4, 0.5) is 25.1 Å². The second-order valence-corrected chi connectivity index (χ2v) is 11.1. The van der Waals surface area contributed by atoms with Gasteiger partial charge in [0.2, 0.25) is 5.91 Å². The van der Waals surface area contributed by atoms with Crippen LogP contribution in [0.25, 0.3) is 0 Å². The monoisotopic (exact) mass is 542 g/mol. The lowest BCUT2D eigenvalue weighted by molar-refractivity contribution is -0.121. The van der Waals surface area contributed by atoms with Gasteiger partial charge in [0.05, 0.1) is 5.92 Å². The van der Waals surface area contributed by atoms with E-state index in [9.17, 15) is 34.1 Å². The van der Waals surface area contributed by atoms with E-state index in [4.69, 9.17) is 4.74 Å². The van der Waals surface area contributed by atoms with Crippen LogP contribution < -0.4 is 10.1 Å². The number of amides is 2. The standard InChI is InChI=1S/C25H23F5N2O4S/c26-37(27,28,29,30)23-13-11-22(12-14-23)36-21-9-5-19(6-10-21)31-24(34)18-2-1-15-32(16-18)25(35)17-3-7-20(33)8-4-17/h3-14,18,33H,1-2,15-16H2,(H,31,34). The summed E-state index contributed by atoms with van der Waals surface area (Å²) in [7, 11) is -9.75. The third-order valence-electron chi connectivity index (χ3n) is 5.82. The summed E-state index contributed by atoms with van der Waals surface area (Å²) in [5.41, 5.74) is 0.855. The van der Waals surface area contributed by atoms with Crippen LogP contribution >= 0.6 is 10.2 Å². The van der Waals surface area contributed by atoms with Crippen LogP contribution in [-0.4, -0.2) is 34.9 Å². The van der Waals surface area contributed by atoms with Crippen molar-refractivity contribution in [3.63, 3.8) is 0 Å². The van der Waals surface area contributed by atoms with E-state index in [2.05, 4.69) is 5.32 Å². The van der Waals surface area contributed by atoms with Gasteiger partial charge in [-0.2, -0.15) is 0 Å². The zero-order valence-corrected chi connectivity index (χ0v) is 20.1. The number of nitrogens with one attached hydrogen (secondary N) is 1. The molecule has 12 heteroatoms. The van der Waals surface area contributed by atoms with E-state index in [1.165, 1.54) is 48.5 Å². The Morgan fingerprint density at radius 1 is 0.865 bits per heavy atom. The summed E-state index contributed by atoms with van der Waals surface area (Å²) < 4.78 is 69.6. The lowest BCUT2D eigenvalue weighted by Crippen LogP contribution is -2.43. The predicted octanol–water partition coefficient (Wildman–Crippen LogP) is 7.33. The summed E-state index contributed by atoms with van der Waals surface area (Å²) in [6, 6.07) is 14.0. The number of nitrogens with zero attached hydrogens (tertiary/aromatic N) is 1. The summed E-state index contributed by atoms with van der Waals surface area (Å²) in [5, 5.41) is 12.2. The molecule has 1 unspecified atom stereocenters. The number of hydrogen-bond acceptors (Lipinski definition) is 4. The first-order valence-electron chi connectivity index (χ1n) is 11.2. The SMILES string of the molecule is O=C(Nc1ccc(Oc2ccc(S(F)(F)(F)(F)F)cc2)cc1)C1CCCN(C(=O)c2ccc(O)cc2)C1. The molecule has 4 rings (SSSR count). The van der Waals surface area contributed by atoms with Crippen molar-refractivity contribution in [2.24, 2.45) is 5.92 Å². The number of phenols is 1. The average Bonchev–Trinajstić information content (AvgIpc) is 2.84. The van der Waals surface area contributed by atoms with Crippen molar-refractivity contribution in [3.05, 3.63) is 78.4 Å². The first-order valence-corrected chi connectivity index (χ1v) is 13.1. The van der Waals surface area contributed by atoms with Gasteiger partial charge in [-0.3, -0.25) is 9.59 Å². The second-order valence-electron chi connectivity index (χ2n) is 8.69. The molecule has 0 saturated carbocycles. The van der Waals surface area contributed by atoms with Crippen LogP contribution in [0.1, 0.15) is 23.2 Å². The number of anilines is 1. The number of phenolic OH excluding ortho intramolecular Hbond substituents is 1. The van der Waals surface area contributed by atoms with Crippen LogP contribution in [0.15, 0.2) is 77.7 Å². The molecule has 3 aromatic rings. The summed E-state index contributed by atoms with van der Waals surface area (Å²) >= 11 is 0. The number of ether oxygens (including phenoxy) is 1. The molecule has 1 aliphatic rings. The molecule has 1 fully saturated rings. The summed E-state index contributed by atoms with van der Waals surface area (Å²) in [6.07, 6.45) is 1.25. The van der Waals surface area contributed by atoms with Gasteiger partial charge in [0, 0.05) is 24.3 Å². The number of piperidine rings is 1. The van der Waals surface area contributed by atoms with E-state index in [1.54, 1.807) is 4.90 Å². The number of aromatic hydroxyl groups is 1. The molecule has 0 radical (unpaired) electrons. The van der Waals surface area contributed by atoms with Crippen molar-refractivity contribution in [2.45, 2.75) is 17.7 Å². The number of carbonyl (C=O) groups excluding carboxylic acids is 2. The average molecular weight is 543 g/mol. The maximum Gasteiger partial charge on any atom is 0.310 e.